The molecule has 1 saturated heterocycles. The summed E-state index contributed by atoms with van der Waals surface area (Å²) in [7, 11) is 0. The van der Waals surface area contributed by atoms with Crippen LogP contribution in [0.2, 0.25) is 0 Å². The molecular weight excluding hydrogens is 174 g/mol. The monoisotopic (exact) mass is 197 g/mol. The van der Waals surface area contributed by atoms with Crippen LogP contribution in [0.1, 0.15) is 39.5 Å². The van der Waals surface area contributed by atoms with Crippen LogP contribution in [0.3, 0.4) is 0 Å². The molecule has 1 aliphatic carbocycles. The minimum absolute atomic E-state index is 0.571. The van der Waals surface area contributed by atoms with Crippen LogP contribution in [-0.4, -0.2) is 37.2 Å². The quantitative estimate of drug-likeness (QED) is 0.639. The van der Waals surface area contributed by atoms with Crippen molar-refractivity contribution >= 4 is 0 Å². The van der Waals surface area contributed by atoms with Gasteiger partial charge in [0.2, 0.25) is 0 Å². The number of rotatable bonds is 1. The molecule has 0 N–H and O–H groups in total. The van der Waals surface area contributed by atoms with Gasteiger partial charge in [-0.15, -0.1) is 0 Å². The molecule has 0 aromatic rings. The highest BCUT2D eigenvalue weighted by molar-refractivity contribution is 4.85. The molecule has 1 saturated carbocycles. The third-order valence-electron chi connectivity index (χ3n) is 3.74. The summed E-state index contributed by atoms with van der Waals surface area (Å²) in [6.07, 6.45) is 5.61. The van der Waals surface area contributed by atoms with Crippen molar-refractivity contribution in [3.05, 3.63) is 0 Å². The van der Waals surface area contributed by atoms with Gasteiger partial charge in [0.25, 0.3) is 0 Å². The first-order chi connectivity index (χ1) is 6.67. The predicted octanol–water partition coefficient (Wildman–Crippen LogP) is 2.29. The maximum Gasteiger partial charge on any atom is 0.0594 e. The van der Waals surface area contributed by atoms with Gasteiger partial charge < -0.3 is 4.74 Å². The van der Waals surface area contributed by atoms with E-state index in [1.54, 1.807) is 0 Å². The normalized spacial score (nSPS) is 34.3. The zero-order chi connectivity index (χ0) is 10.0. The summed E-state index contributed by atoms with van der Waals surface area (Å²) in [5.74, 6) is 0. The third kappa shape index (κ3) is 2.48. The molecule has 1 heterocycles. The number of hydrogen-bond acceptors (Lipinski definition) is 2. The molecule has 0 radical (unpaired) electrons. The summed E-state index contributed by atoms with van der Waals surface area (Å²) in [4.78, 5) is 2.64. The van der Waals surface area contributed by atoms with E-state index in [-0.39, 0.29) is 0 Å². The molecule has 0 aromatic carbocycles. The summed E-state index contributed by atoms with van der Waals surface area (Å²) in [6.45, 7) is 9.02. The maximum atomic E-state index is 5.40. The Morgan fingerprint density at radius 1 is 1.21 bits per heavy atom. The average Bonchev–Trinajstić information content (AvgIpc) is 2.18. The SMILES string of the molecule is CC1(C)CCC[C@@H](N2CCOCC2)C1. The van der Waals surface area contributed by atoms with E-state index in [0.717, 1.165) is 32.3 Å². The molecule has 0 amide bonds. The topological polar surface area (TPSA) is 12.5 Å². The van der Waals surface area contributed by atoms with Crippen LogP contribution in [0.4, 0.5) is 0 Å². The van der Waals surface area contributed by atoms with E-state index in [2.05, 4.69) is 18.7 Å². The number of ether oxygens (including phenoxy) is 1. The van der Waals surface area contributed by atoms with Gasteiger partial charge in [-0.25, -0.2) is 0 Å². The Morgan fingerprint density at radius 3 is 2.57 bits per heavy atom. The average molecular weight is 197 g/mol. The Balaban J connectivity index is 1.89. The fourth-order valence-electron chi connectivity index (χ4n) is 2.91. The number of nitrogens with zero attached hydrogens (tertiary/aromatic N) is 1. The van der Waals surface area contributed by atoms with Crippen molar-refractivity contribution in [3.8, 4) is 0 Å². The first-order valence-electron chi connectivity index (χ1n) is 5.99. The van der Waals surface area contributed by atoms with Crippen LogP contribution in [0.15, 0.2) is 0 Å². The van der Waals surface area contributed by atoms with Gasteiger partial charge in [-0.1, -0.05) is 20.3 Å². The van der Waals surface area contributed by atoms with E-state index in [0.29, 0.717) is 5.41 Å². The minimum Gasteiger partial charge on any atom is -0.379 e. The molecule has 0 aromatic heterocycles. The van der Waals surface area contributed by atoms with Gasteiger partial charge in [0.05, 0.1) is 13.2 Å². The van der Waals surface area contributed by atoms with Gasteiger partial charge in [0, 0.05) is 19.1 Å². The standard InChI is InChI=1S/C12H23NO/c1-12(2)5-3-4-11(10-12)13-6-8-14-9-7-13/h11H,3-10H2,1-2H3/t11-/m1/s1. The molecule has 0 unspecified atom stereocenters. The largest absolute Gasteiger partial charge is 0.379 e. The van der Waals surface area contributed by atoms with Crippen molar-refractivity contribution in [2.75, 3.05) is 26.3 Å². The second kappa shape index (κ2) is 4.19. The van der Waals surface area contributed by atoms with Crippen molar-refractivity contribution in [2.45, 2.75) is 45.6 Å². The van der Waals surface area contributed by atoms with E-state index in [1.165, 1.54) is 25.7 Å². The highest BCUT2D eigenvalue weighted by Crippen LogP contribution is 2.37. The lowest BCUT2D eigenvalue weighted by atomic mass is 9.74. The van der Waals surface area contributed by atoms with Crippen LogP contribution in [0.5, 0.6) is 0 Å². The van der Waals surface area contributed by atoms with Crippen LogP contribution in [0, 0.1) is 5.41 Å². The zero-order valence-electron chi connectivity index (χ0n) is 9.59. The molecule has 2 heteroatoms. The van der Waals surface area contributed by atoms with Crippen LogP contribution in [0.25, 0.3) is 0 Å². The van der Waals surface area contributed by atoms with Crippen molar-refractivity contribution in [2.24, 2.45) is 5.41 Å². The van der Waals surface area contributed by atoms with Gasteiger partial charge in [-0.2, -0.15) is 0 Å². The highest BCUT2D eigenvalue weighted by atomic mass is 16.5. The second-order valence-corrected chi connectivity index (χ2v) is 5.56. The second-order valence-electron chi connectivity index (χ2n) is 5.56. The summed E-state index contributed by atoms with van der Waals surface area (Å²) in [5.41, 5.74) is 0.571. The molecule has 14 heavy (non-hydrogen) atoms. The lowest BCUT2D eigenvalue weighted by molar-refractivity contribution is -0.00523. The smallest absolute Gasteiger partial charge is 0.0594 e. The summed E-state index contributed by atoms with van der Waals surface area (Å²) < 4.78 is 5.40. The maximum absolute atomic E-state index is 5.40. The van der Waals surface area contributed by atoms with E-state index < -0.39 is 0 Å². The Morgan fingerprint density at radius 2 is 1.93 bits per heavy atom. The molecule has 2 fully saturated rings. The summed E-state index contributed by atoms with van der Waals surface area (Å²) in [5, 5.41) is 0. The van der Waals surface area contributed by atoms with Gasteiger partial charge >= 0.3 is 0 Å². The van der Waals surface area contributed by atoms with Gasteiger partial charge in [0.15, 0.2) is 0 Å². The minimum atomic E-state index is 0.571. The molecule has 1 atom stereocenters. The van der Waals surface area contributed by atoms with Crippen molar-refractivity contribution < 1.29 is 4.74 Å². The molecule has 0 bridgehead atoms. The lowest BCUT2D eigenvalue weighted by Crippen LogP contribution is -2.46. The van der Waals surface area contributed by atoms with Crippen LogP contribution < -0.4 is 0 Å². The van der Waals surface area contributed by atoms with Crippen molar-refractivity contribution in [1.82, 2.24) is 4.90 Å². The molecule has 1 aliphatic heterocycles. The Kier molecular flexibility index (Phi) is 3.13. The van der Waals surface area contributed by atoms with E-state index >= 15 is 0 Å². The molecular formula is C12H23NO. The number of morpholine rings is 1. The van der Waals surface area contributed by atoms with Gasteiger partial charge in [-0.3, -0.25) is 4.90 Å². The Bertz CT molecular complexity index is 185. The van der Waals surface area contributed by atoms with E-state index in [9.17, 15) is 0 Å². The predicted molar refractivity (Wildman–Crippen MR) is 58.4 cm³/mol. The van der Waals surface area contributed by atoms with E-state index in [4.69, 9.17) is 4.74 Å². The fourth-order valence-corrected chi connectivity index (χ4v) is 2.91. The number of hydrogen-bond donors (Lipinski definition) is 0. The van der Waals surface area contributed by atoms with E-state index in [1.807, 2.05) is 0 Å². The first kappa shape index (κ1) is 10.4. The van der Waals surface area contributed by atoms with Gasteiger partial charge in [-0.05, 0) is 24.7 Å². The fraction of sp³-hybridized carbons (Fsp3) is 1.00. The molecule has 2 nitrogen and oxygen atoms in total. The highest BCUT2D eigenvalue weighted by Gasteiger charge is 2.31. The zero-order valence-corrected chi connectivity index (χ0v) is 9.59. The molecule has 2 rings (SSSR count). The molecule has 2 aliphatic rings. The van der Waals surface area contributed by atoms with Gasteiger partial charge in [0.1, 0.15) is 0 Å². The van der Waals surface area contributed by atoms with Crippen molar-refractivity contribution in [3.63, 3.8) is 0 Å². The summed E-state index contributed by atoms with van der Waals surface area (Å²) >= 11 is 0. The summed E-state index contributed by atoms with van der Waals surface area (Å²) in [6, 6.07) is 0.836. The molecule has 82 valence electrons. The third-order valence-corrected chi connectivity index (χ3v) is 3.74. The Hall–Kier alpha value is -0.0800. The van der Waals surface area contributed by atoms with Crippen molar-refractivity contribution in [1.29, 1.82) is 0 Å². The van der Waals surface area contributed by atoms with Crippen LogP contribution >= 0.6 is 0 Å². The first-order valence-corrected chi connectivity index (χ1v) is 5.99. The lowest BCUT2D eigenvalue weighted by Gasteiger charge is -2.42. The molecule has 0 spiro atoms. The van der Waals surface area contributed by atoms with Crippen LogP contribution in [-0.2, 0) is 4.74 Å². The Labute approximate surface area is 87.6 Å².